The fourth-order valence-corrected chi connectivity index (χ4v) is 1.38. The number of halogens is 1. The Morgan fingerprint density at radius 3 is 2.17 bits per heavy atom. The maximum atomic E-state index is 11.5. The van der Waals surface area contributed by atoms with Crippen molar-refractivity contribution in [2.24, 2.45) is 5.73 Å². The van der Waals surface area contributed by atoms with Gasteiger partial charge in [0.05, 0.1) is 14.2 Å². The molecule has 18 heavy (non-hydrogen) atoms. The fraction of sp³-hybridized carbons (Fsp3) is 0.417. The molecule has 5 nitrogen and oxygen atoms in total. The highest BCUT2D eigenvalue weighted by Gasteiger charge is 2.07. The largest absolute Gasteiger partial charge is 0.497 e. The second-order valence-corrected chi connectivity index (χ2v) is 3.83. The molecule has 0 heterocycles. The van der Waals surface area contributed by atoms with Gasteiger partial charge in [0, 0.05) is 36.3 Å². The molecule has 1 aromatic carbocycles. The van der Waals surface area contributed by atoms with Gasteiger partial charge in [-0.1, -0.05) is 0 Å². The third kappa shape index (κ3) is 5.25. The number of carbonyl (C=O) groups is 1. The molecule has 0 radical (unpaired) electrons. The van der Waals surface area contributed by atoms with Gasteiger partial charge in [-0.15, -0.1) is 12.4 Å². The number of methoxy groups -OCH3 is 2. The maximum Gasteiger partial charge on any atom is 0.225 e. The maximum absolute atomic E-state index is 11.5. The van der Waals surface area contributed by atoms with Gasteiger partial charge in [-0.3, -0.25) is 4.79 Å². The highest BCUT2D eigenvalue weighted by molar-refractivity contribution is 5.91. The Morgan fingerprint density at radius 2 is 1.78 bits per heavy atom. The number of benzene rings is 1. The normalized spacial score (nSPS) is 11.1. The number of hydrogen-bond acceptors (Lipinski definition) is 4. The van der Waals surface area contributed by atoms with Crippen molar-refractivity contribution in [3.05, 3.63) is 18.2 Å². The zero-order valence-electron chi connectivity index (χ0n) is 10.7. The van der Waals surface area contributed by atoms with Crippen LogP contribution in [-0.2, 0) is 4.79 Å². The fourth-order valence-electron chi connectivity index (χ4n) is 1.38. The third-order valence-electron chi connectivity index (χ3n) is 2.14. The molecule has 0 fully saturated rings. The van der Waals surface area contributed by atoms with E-state index in [-0.39, 0.29) is 30.8 Å². The van der Waals surface area contributed by atoms with Crippen LogP contribution in [0.5, 0.6) is 11.5 Å². The van der Waals surface area contributed by atoms with Crippen molar-refractivity contribution in [2.75, 3.05) is 19.5 Å². The van der Waals surface area contributed by atoms with Crippen LogP contribution in [0.2, 0.25) is 0 Å². The molecule has 0 aliphatic rings. The number of anilines is 1. The average molecular weight is 275 g/mol. The Bertz CT molecular complexity index is 375. The molecule has 0 saturated carbocycles. The van der Waals surface area contributed by atoms with Crippen LogP contribution in [0.15, 0.2) is 18.2 Å². The minimum absolute atomic E-state index is 0. The molecule has 1 unspecified atom stereocenters. The van der Waals surface area contributed by atoms with Crippen molar-refractivity contribution in [1.29, 1.82) is 0 Å². The number of carbonyl (C=O) groups excluding carboxylic acids is 1. The Labute approximate surface area is 113 Å². The molecule has 0 bridgehead atoms. The lowest BCUT2D eigenvalue weighted by Crippen LogP contribution is -2.23. The van der Waals surface area contributed by atoms with Crippen molar-refractivity contribution >= 4 is 24.0 Å². The number of ether oxygens (including phenoxy) is 2. The summed E-state index contributed by atoms with van der Waals surface area (Å²) in [5.41, 5.74) is 6.18. The molecular weight excluding hydrogens is 256 g/mol. The van der Waals surface area contributed by atoms with E-state index in [2.05, 4.69) is 5.32 Å². The third-order valence-corrected chi connectivity index (χ3v) is 2.14. The molecule has 0 aliphatic carbocycles. The SMILES string of the molecule is COc1cc(NC(=O)CC(C)N)cc(OC)c1.Cl. The van der Waals surface area contributed by atoms with E-state index in [0.29, 0.717) is 17.2 Å². The van der Waals surface area contributed by atoms with Crippen LogP contribution < -0.4 is 20.5 Å². The van der Waals surface area contributed by atoms with E-state index in [0.717, 1.165) is 0 Å². The minimum atomic E-state index is -0.164. The summed E-state index contributed by atoms with van der Waals surface area (Å²) in [6.45, 7) is 1.78. The van der Waals surface area contributed by atoms with E-state index < -0.39 is 0 Å². The Morgan fingerprint density at radius 1 is 1.28 bits per heavy atom. The highest BCUT2D eigenvalue weighted by Crippen LogP contribution is 2.25. The topological polar surface area (TPSA) is 73.6 Å². The zero-order chi connectivity index (χ0) is 12.8. The first-order chi connectivity index (χ1) is 8.05. The zero-order valence-corrected chi connectivity index (χ0v) is 11.5. The molecule has 1 rings (SSSR count). The minimum Gasteiger partial charge on any atom is -0.497 e. The number of hydrogen-bond donors (Lipinski definition) is 2. The van der Waals surface area contributed by atoms with Gasteiger partial charge in [-0.2, -0.15) is 0 Å². The van der Waals surface area contributed by atoms with Crippen LogP contribution in [-0.4, -0.2) is 26.2 Å². The first kappa shape index (κ1) is 16.5. The van der Waals surface area contributed by atoms with Gasteiger partial charge >= 0.3 is 0 Å². The van der Waals surface area contributed by atoms with Gasteiger partial charge < -0.3 is 20.5 Å². The van der Waals surface area contributed by atoms with Crippen molar-refractivity contribution in [3.63, 3.8) is 0 Å². The Kier molecular flexibility index (Phi) is 7.16. The quantitative estimate of drug-likeness (QED) is 0.859. The first-order valence-corrected chi connectivity index (χ1v) is 5.33. The molecule has 0 aliphatic heterocycles. The number of amides is 1. The standard InChI is InChI=1S/C12H18N2O3.ClH/c1-8(13)4-12(15)14-9-5-10(16-2)7-11(6-9)17-3;/h5-8H,4,13H2,1-3H3,(H,14,15);1H. The van der Waals surface area contributed by atoms with Crippen molar-refractivity contribution in [2.45, 2.75) is 19.4 Å². The Balaban J connectivity index is 0.00000289. The lowest BCUT2D eigenvalue weighted by atomic mass is 10.2. The molecule has 0 aromatic heterocycles. The smallest absolute Gasteiger partial charge is 0.225 e. The van der Waals surface area contributed by atoms with E-state index in [1.807, 2.05) is 0 Å². The Hall–Kier alpha value is -1.46. The number of rotatable bonds is 5. The summed E-state index contributed by atoms with van der Waals surface area (Å²) < 4.78 is 10.2. The van der Waals surface area contributed by atoms with Crippen LogP contribution in [0.3, 0.4) is 0 Å². The lowest BCUT2D eigenvalue weighted by Gasteiger charge is -2.10. The van der Waals surface area contributed by atoms with Crippen LogP contribution >= 0.6 is 12.4 Å². The molecule has 1 amide bonds. The monoisotopic (exact) mass is 274 g/mol. The average Bonchev–Trinajstić information content (AvgIpc) is 2.27. The van der Waals surface area contributed by atoms with Crippen LogP contribution in [0.4, 0.5) is 5.69 Å². The molecule has 1 aromatic rings. The van der Waals surface area contributed by atoms with Gasteiger partial charge in [-0.25, -0.2) is 0 Å². The van der Waals surface area contributed by atoms with E-state index in [9.17, 15) is 4.79 Å². The van der Waals surface area contributed by atoms with Gasteiger partial charge in [-0.05, 0) is 6.92 Å². The summed E-state index contributed by atoms with van der Waals surface area (Å²) in [4.78, 5) is 11.5. The summed E-state index contributed by atoms with van der Waals surface area (Å²) >= 11 is 0. The van der Waals surface area contributed by atoms with Gasteiger partial charge in [0.2, 0.25) is 5.91 Å². The predicted molar refractivity (Wildman–Crippen MR) is 73.7 cm³/mol. The van der Waals surface area contributed by atoms with Gasteiger partial charge in [0.15, 0.2) is 0 Å². The van der Waals surface area contributed by atoms with Crippen molar-refractivity contribution in [3.8, 4) is 11.5 Å². The van der Waals surface area contributed by atoms with Crippen LogP contribution in [0, 0.1) is 0 Å². The molecular formula is C12H19ClN2O3. The predicted octanol–water partition coefficient (Wildman–Crippen LogP) is 1.80. The molecule has 3 N–H and O–H groups in total. The lowest BCUT2D eigenvalue weighted by molar-refractivity contribution is -0.116. The molecule has 0 saturated heterocycles. The number of nitrogens with two attached hydrogens (primary N) is 1. The van der Waals surface area contributed by atoms with Crippen LogP contribution in [0.1, 0.15) is 13.3 Å². The molecule has 1 atom stereocenters. The van der Waals surface area contributed by atoms with E-state index >= 15 is 0 Å². The van der Waals surface area contributed by atoms with Crippen LogP contribution in [0.25, 0.3) is 0 Å². The van der Waals surface area contributed by atoms with E-state index in [1.165, 1.54) is 0 Å². The summed E-state index contributed by atoms with van der Waals surface area (Å²) in [5.74, 6) is 1.12. The van der Waals surface area contributed by atoms with E-state index in [4.69, 9.17) is 15.2 Å². The van der Waals surface area contributed by atoms with Gasteiger partial charge in [0.25, 0.3) is 0 Å². The summed E-state index contributed by atoms with van der Waals surface area (Å²) in [6, 6.07) is 5.02. The molecule has 0 spiro atoms. The summed E-state index contributed by atoms with van der Waals surface area (Å²) in [7, 11) is 3.12. The molecule has 6 heteroatoms. The van der Waals surface area contributed by atoms with Crippen molar-refractivity contribution in [1.82, 2.24) is 0 Å². The second-order valence-electron chi connectivity index (χ2n) is 3.83. The molecule has 102 valence electrons. The second kappa shape index (κ2) is 7.79. The highest BCUT2D eigenvalue weighted by atomic mass is 35.5. The van der Waals surface area contributed by atoms with Crippen molar-refractivity contribution < 1.29 is 14.3 Å². The number of nitrogens with one attached hydrogen (secondary N) is 1. The summed E-state index contributed by atoms with van der Waals surface area (Å²) in [5, 5.41) is 2.74. The first-order valence-electron chi connectivity index (χ1n) is 5.33. The van der Waals surface area contributed by atoms with E-state index in [1.54, 1.807) is 39.3 Å². The summed E-state index contributed by atoms with van der Waals surface area (Å²) in [6.07, 6.45) is 0.277. The van der Waals surface area contributed by atoms with Gasteiger partial charge in [0.1, 0.15) is 11.5 Å².